The fourth-order valence-electron chi connectivity index (χ4n) is 2.16. The number of nitrogens with zero attached hydrogens (tertiary/aromatic N) is 3. The van der Waals surface area contributed by atoms with E-state index < -0.39 is 0 Å². The second kappa shape index (κ2) is 7.48. The molecule has 1 rings (SSSR count). The van der Waals surface area contributed by atoms with Crippen molar-refractivity contribution in [2.45, 2.75) is 26.7 Å². The first-order chi connectivity index (χ1) is 8.90. The Balaban J connectivity index is 2.32. The van der Waals surface area contributed by atoms with Crippen LogP contribution in [-0.4, -0.2) is 73.3 Å². The number of hydrogen-bond donors (Lipinski definition) is 0. The van der Waals surface area contributed by atoms with Crippen LogP contribution in [0.2, 0.25) is 0 Å². The molecule has 0 saturated carbocycles. The Morgan fingerprint density at radius 3 is 1.89 bits per heavy atom. The third kappa shape index (κ3) is 5.59. The molecular formula is C14H27N3O2. The van der Waals surface area contributed by atoms with Crippen molar-refractivity contribution in [3.63, 3.8) is 0 Å². The maximum Gasteiger partial charge on any atom is 0.223 e. The molecule has 0 atom stereocenters. The van der Waals surface area contributed by atoms with Gasteiger partial charge in [-0.3, -0.25) is 9.59 Å². The van der Waals surface area contributed by atoms with Gasteiger partial charge in [0.25, 0.3) is 0 Å². The second-order valence-corrected chi connectivity index (χ2v) is 5.91. The molecule has 1 heterocycles. The molecule has 0 N–H and O–H groups in total. The monoisotopic (exact) mass is 269 g/mol. The van der Waals surface area contributed by atoms with E-state index in [2.05, 4.69) is 13.8 Å². The van der Waals surface area contributed by atoms with Gasteiger partial charge in [-0.25, -0.2) is 0 Å². The number of piperazine rings is 1. The van der Waals surface area contributed by atoms with Crippen molar-refractivity contribution < 1.29 is 9.59 Å². The molecule has 1 saturated heterocycles. The molecule has 2 amide bonds. The van der Waals surface area contributed by atoms with Gasteiger partial charge in [0, 0.05) is 45.6 Å². The minimum absolute atomic E-state index is 0.199. The van der Waals surface area contributed by atoms with E-state index in [1.807, 2.05) is 28.8 Å². The van der Waals surface area contributed by atoms with Gasteiger partial charge in [-0.05, 0) is 20.0 Å². The zero-order chi connectivity index (χ0) is 14.4. The van der Waals surface area contributed by atoms with Crippen LogP contribution in [0.15, 0.2) is 0 Å². The normalized spacial score (nSPS) is 16.3. The number of carbonyl (C=O) groups is 2. The van der Waals surface area contributed by atoms with E-state index >= 15 is 0 Å². The molecule has 0 aromatic carbocycles. The van der Waals surface area contributed by atoms with Crippen molar-refractivity contribution in [1.82, 2.24) is 14.7 Å². The predicted octanol–water partition coefficient (Wildman–Crippen LogP) is 0.655. The van der Waals surface area contributed by atoms with Crippen molar-refractivity contribution >= 4 is 11.8 Å². The number of carbonyl (C=O) groups excluding carboxylic acids is 2. The lowest BCUT2D eigenvalue weighted by Crippen LogP contribution is -2.51. The highest BCUT2D eigenvalue weighted by Crippen LogP contribution is 2.09. The van der Waals surface area contributed by atoms with Crippen LogP contribution in [0, 0.1) is 5.92 Å². The van der Waals surface area contributed by atoms with Gasteiger partial charge >= 0.3 is 0 Å². The summed E-state index contributed by atoms with van der Waals surface area (Å²) < 4.78 is 0. The Morgan fingerprint density at radius 1 is 1.00 bits per heavy atom. The lowest BCUT2D eigenvalue weighted by Gasteiger charge is -2.35. The predicted molar refractivity (Wildman–Crippen MR) is 75.8 cm³/mol. The van der Waals surface area contributed by atoms with Crippen LogP contribution < -0.4 is 0 Å². The van der Waals surface area contributed by atoms with Crippen LogP contribution in [0.25, 0.3) is 0 Å². The quantitative estimate of drug-likeness (QED) is 0.736. The van der Waals surface area contributed by atoms with E-state index in [1.54, 1.807) is 0 Å². The van der Waals surface area contributed by atoms with Crippen LogP contribution in [0.1, 0.15) is 26.7 Å². The van der Waals surface area contributed by atoms with Gasteiger partial charge in [0.05, 0.1) is 0 Å². The SMILES string of the molecule is CC(C)CC(=O)N1CCN(C(=O)CCN(C)C)CC1. The average molecular weight is 269 g/mol. The molecule has 0 aliphatic carbocycles. The highest BCUT2D eigenvalue weighted by molar-refractivity contribution is 5.78. The van der Waals surface area contributed by atoms with E-state index in [1.165, 1.54) is 0 Å². The molecule has 0 aromatic rings. The molecule has 1 aliphatic heterocycles. The van der Waals surface area contributed by atoms with Crippen LogP contribution in [0.5, 0.6) is 0 Å². The maximum atomic E-state index is 12.0. The fraction of sp³-hybridized carbons (Fsp3) is 0.857. The number of rotatable bonds is 5. The minimum Gasteiger partial charge on any atom is -0.339 e. The molecule has 0 unspecified atom stereocenters. The first kappa shape index (κ1) is 16.0. The third-order valence-electron chi connectivity index (χ3n) is 3.34. The molecule has 19 heavy (non-hydrogen) atoms. The Bertz CT molecular complexity index is 308. The summed E-state index contributed by atoms with van der Waals surface area (Å²) in [4.78, 5) is 29.6. The van der Waals surface area contributed by atoms with Crippen LogP contribution in [-0.2, 0) is 9.59 Å². The Kier molecular flexibility index (Phi) is 6.28. The topological polar surface area (TPSA) is 43.9 Å². The fourth-order valence-corrected chi connectivity index (χ4v) is 2.16. The van der Waals surface area contributed by atoms with Crippen LogP contribution >= 0.6 is 0 Å². The van der Waals surface area contributed by atoms with Gasteiger partial charge < -0.3 is 14.7 Å². The molecule has 5 nitrogen and oxygen atoms in total. The summed E-state index contributed by atoms with van der Waals surface area (Å²) >= 11 is 0. The van der Waals surface area contributed by atoms with Crippen molar-refractivity contribution in [3.8, 4) is 0 Å². The molecule has 0 aromatic heterocycles. The van der Waals surface area contributed by atoms with Gasteiger partial charge in [-0.2, -0.15) is 0 Å². The van der Waals surface area contributed by atoms with E-state index in [-0.39, 0.29) is 11.8 Å². The van der Waals surface area contributed by atoms with E-state index in [9.17, 15) is 9.59 Å². The molecule has 0 bridgehead atoms. The average Bonchev–Trinajstić information content (AvgIpc) is 2.35. The molecule has 110 valence electrons. The minimum atomic E-state index is 0.199. The first-order valence-corrected chi connectivity index (χ1v) is 7.10. The Morgan fingerprint density at radius 2 is 1.47 bits per heavy atom. The standard InChI is InChI=1S/C14H27N3O2/c1-12(2)11-14(19)17-9-7-16(8-10-17)13(18)5-6-15(3)4/h12H,5-11H2,1-4H3. The van der Waals surface area contributed by atoms with Gasteiger partial charge in [0.1, 0.15) is 0 Å². The number of hydrogen-bond acceptors (Lipinski definition) is 3. The zero-order valence-corrected chi connectivity index (χ0v) is 12.7. The smallest absolute Gasteiger partial charge is 0.223 e. The summed E-state index contributed by atoms with van der Waals surface area (Å²) in [5.74, 6) is 0.812. The summed E-state index contributed by atoms with van der Waals surface area (Å²) in [7, 11) is 3.94. The van der Waals surface area contributed by atoms with Gasteiger partial charge in [0.15, 0.2) is 0 Å². The van der Waals surface area contributed by atoms with Crippen molar-refractivity contribution in [1.29, 1.82) is 0 Å². The Labute approximate surface area is 116 Å². The van der Waals surface area contributed by atoms with Gasteiger partial charge in [-0.15, -0.1) is 0 Å². The molecule has 1 fully saturated rings. The van der Waals surface area contributed by atoms with Crippen molar-refractivity contribution in [2.24, 2.45) is 5.92 Å². The molecular weight excluding hydrogens is 242 g/mol. The summed E-state index contributed by atoms with van der Waals surface area (Å²) in [5.41, 5.74) is 0. The Hall–Kier alpha value is -1.10. The van der Waals surface area contributed by atoms with E-state index in [0.29, 0.717) is 44.9 Å². The van der Waals surface area contributed by atoms with Crippen LogP contribution in [0.4, 0.5) is 0 Å². The lowest BCUT2D eigenvalue weighted by molar-refractivity contribution is -0.140. The van der Waals surface area contributed by atoms with Crippen LogP contribution in [0.3, 0.4) is 0 Å². The van der Waals surface area contributed by atoms with E-state index in [0.717, 1.165) is 6.54 Å². The summed E-state index contributed by atoms with van der Waals surface area (Å²) in [5, 5.41) is 0. The first-order valence-electron chi connectivity index (χ1n) is 7.10. The summed E-state index contributed by atoms with van der Waals surface area (Å²) in [6.07, 6.45) is 1.17. The largest absolute Gasteiger partial charge is 0.339 e. The highest BCUT2D eigenvalue weighted by atomic mass is 16.2. The van der Waals surface area contributed by atoms with E-state index in [4.69, 9.17) is 0 Å². The van der Waals surface area contributed by atoms with Gasteiger partial charge in [0.2, 0.25) is 11.8 Å². The third-order valence-corrected chi connectivity index (χ3v) is 3.34. The molecule has 0 spiro atoms. The molecule has 0 radical (unpaired) electrons. The highest BCUT2D eigenvalue weighted by Gasteiger charge is 2.23. The number of amides is 2. The zero-order valence-electron chi connectivity index (χ0n) is 12.7. The summed E-state index contributed by atoms with van der Waals surface area (Å²) in [6.45, 7) is 7.61. The molecule has 1 aliphatic rings. The second-order valence-electron chi connectivity index (χ2n) is 5.91. The molecule has 5 heteroatoms. The summed E-state index contributed by atoms with van der Waals surface area (Å²) in [6, 6.07) is 0. The van der Waals surface area contributed by atoms with Crippen molar-refractivity contribution in [2.75, 3.05) is 46.8 Å². The van der Waals surface area contributed by atoms with Crippen molar-refractivity contribution in [3.05, 3.63) is 0 Å². The maximum absolute atomic E-state index is 12.0. The lowest BCUT2D eigenvalue weighted by atomic mass is 10.1. The van der Waals surface area contributed by atoms with Gasteiger partial charge in [-0.1, -0.05) is 13.8 Å².